The fraction of sp³-hybridized carbons (Fsp3) is 0.684. The molecule has 1 unspecified atom stereocenters. The van der Waals surface area contributed by atoms with Crippen LogP contribution in [0.4, 0.5) is 0 Å². The second-order valence-corrected chi connectivity index (χ2v) is 6.49. The molecular formula is C19H32N2. The molecule has 118 valence electrons. The molecule has 1 aliphatic rings. The third kappa shape index (κ3) is 5.44. The van der Waals surface area contributed by atoms with Crippen LogP contribution in [0.15, 0.2) is 24.3 Å². The predicted molar refractivity (Wildman–Crippen MR) is 91.7 cm³/mol. The summed E-state index contributed by atoms with van der Waals surface area (Å²) >= 11 is 0. The normalized spacial score (nSPS) is 16.4. The van der Waals surface area contributed by atoms with E-state index in [1.165, 1.54) is 56.4 Å². The van der Waals surface area contributed by atoms with E-state index >= 15 is 0 Å². The molecule has 1 aliphatic carbocycles. The first-order chi connectivity index (χ1) is 10.2. The van der Waals surface area contributed by atoms with E-state index in [-0.39, 0.29) is 0 Å². The molecule has 0 amide bonds. The highest BCUT2D eigenvalue weighted by molar-refractivity contribution is 5.28. The maximum absolute atomic E-state index is 3.75. The van der Waals surface area contributed by atoms with Gasteiger partial charge in [0.15, 0.2) is 0 Å². The molecule has 1 saturated carbocycles. The van der Waals surface area contributed by atoms with Gasteiger partial charge in [-0.25, -0.2) is 0 Å². The van der Waals surface area contributed by atoms with Crippen LogP contribution in [0.2, 0.25) is 0 Å². The molecule has 2 rings (SSSR count). The summed E-state index contributed by atoms with van der Waals surface area (Å²) in [6, 6.07) is 9.34. The van der Waals surface area contributed by atoms with E-state index in [0.717, 1.165) is 12.5 Å². The van der Waals surface area contributed by atoms with Crippen molar-refractivity contribution in [3.63, 3.8) is 0 Å². The largest absolute Gasteiger partial charge is 0.310 e. The Labute approximate surface area is 130 Å². The van der Waals surface area contributed by atoms with Crippen molar-refractivity contribution in [3.05, 3.63) is 35.4 Å². The Balaban J connectivity index is 1.93. The molecule has 1 atom stereocenters. The van der Waals surface area contributed by atoms with E-state index < -0.39 is 0 Å². The molecule has 0 spiro atoms. The summed E-state index contributed by atoms with van der Waals surface area (Å²) in [6.45, 7) is 11.6. The highest BCUT2D eigenvalue weighted by atomic mass is 15.1. The van der Waals surface area contributed by atoms with Crippen molar-refractivity contribution < 1.29 is 0 Å². The van der Waals surface area contributed by atoms with Gasteiger partial charge in [0.05, 0.1) is 0 Å². The zero-order chi connectivity index (χ0) is 15.1. The second-order valence-electron chi connectivity index (χ2n) is 6.49. The summed E-state index contributed by atoms with van der Waals surface area (Å²) in [4.78, 5) is 2.64. The van der Waals surface area contributed by atoms with Crippen LogP contribution in [0.3, 0.4) is 0 Å². The lowest BCUT2D eigenvalue weighted by atomic mass is 9.98. The molecule has 0 heterocycles. The number of nitrogens with zero attached hydrogens (tertiary/aromatic N) is 1. The second kappa shape index (κ2) is 8.55. The van der Waals surface area contributed by atoms with Gasteiger partial charge in [-0.05, 0) is 69.3 Å². The van der Waals surface area contributed by atoms with Crippen LogP contribution in [0, 0.1) is 12.8 Å². The van der Waals surface area contributed by atoms with Crippen molar-refractivity contribution in [1.29, 1.82) is 0 Å². The van der Waals surface area contributed by atoms with Gasteiger partial charge in [0.25, 0.3) is 0 Å². The summed E-state index contributed by atoms with van der Waals surface area (Å²) in [5, 5.41) is 3.75. The molecule has 1 N–H and O–H groups in total. The molecule has 2 heteroatoms. The lowest BCUT2D eigenvalue weighted by Crippen LogP contribution is -2.31. The van der Waals surface area contributed by atoms with E-state index in [1.807, 2.05) is 0 Å². The molecule has 0 aromatic heterocycles. The molecule has 21 heavy (non-hydrogen) atoms. The number of hydrogen-bond acceptors (Lipinski definition) is 2. The Morgan fingerprint density at radius 3 is 2.62 bits per heavy atom. The maximum Gasteiger partial charge on any atom is 0.0335 e. The quantitative estimate of drug-likeness (QED) is 0.695. The first-order valence-corrected chi connectivity index (χ1v) is 8.75. The molecule has 1 fully saturated rings. The van der Waals surface area contributed by atoms with Crippen molar-refractivity contribution in [3.8, 4) is 0 Å². The van der Waals surface area contributed by atoms with Gasteiger partial charge in [0.1, 0.15) is 0 Å². The van der Waals surface area contributed by atoms with Gasteiger partial charge in [-0.2, -0.15) is 0 Å². The van der Waals surface area contributed by atoms with E-state index in [2.05, 4.69) is 55.3 Å². The molecule has 0 radical (unpaired) electrons. The van der Waals surface area contributed by atoms with Crippen LogP contribution in [0.25, 0.3) is 0 Å². The van der Waals surface area contributed by atoms with Crippen LogP contribution in [-0.4, -0.2) is 31.1 Å². The van der Waals surface area contributed by atoms with Crippen molar-refractivity contribution in [2.24, 2.45) is 5.92 Å². The standard InChI is InChI=1S/C19H32N2/c1-4-13-20-19(18-9-7-6-8-16(18)3)12-14-21(5-2)15-17-10-11-17/h6-9,17,19-20H,4-5,10-15H2,1-3H3. The van der Waals surface area contributed by atoms with Gasteiger partial charge in [0, 0.05) is 12.6 Å². The summed E-state index contributed by atoms with van der Waals surface area (Å²) in [7, 11) is 0. The van der Waals surface area contributed by atoms with Crippen LogP contribution >= 0.6 is 0 Å². The first kappa shape index (κ1) is 16.5. The van der Waals surface area contributed by atoms with Crippen molar-refractivity contribution in [1.82, 2.24) is 10.2 Å². The summed E-state index contributed by atoms with van der Waals surface area (Å²) in [5.41, 5.74) is 2.89. The van der Waals surface area contributed by atoms with Gasteiger partial charge >= 0.3 is 0 Å². The van der Waals surface area contributed by atoms with Gasteiger partial charge in [-0.15, -0.1) is 0 Å². The number of rotatable bonds is 10. The molecule has 0 bridgehead atoms. The molecular weight excluding hydrogens is 256 g/mol. The predicted octanol–water partition coefficient (Wildman–Crippen LogP) is 4.16. The van der Waals surface area contributed by atoms with Crippen LogP contribution in [0.1, 0.15) is 56.7 Å². The average molecular weight is 288 g/mol. The number of benzene rings is 1. The van der Waals surface area contributed by atoms with E-state index in [9.17, 15) is 0 Å². The minimum atomic E-state index is 0.499. The Bertz CT molecular complexity index is 412. The Morgan fingerprint density at radius 1 is 1.24 bits per heavy atom. The maximum atomic E-state index is 3.75. The van der Waals surface area contributed by atoms with E-state index in [4.69, 9.17) is 0 Å². The Morgan fingerprint density at radius 2 is 2.00 bits per heavy atom. The van der Waals surface area contributed by atoms with E-state index in [1.54, 1.807) is 0 Å². The highest BCUT2D eigenvalue weighted by Gasteiger charge is 2.24. The first-order valence-electron chi connectivity index (χ1n) is 8.75. The van der Waals surface area contributed by atoms with Crippen molar-refractivity contribution >= 4 is 0 Å². The monoisotopic (exact) mass is 288 g/mol. The van der Waals surface area contributed by atoms with Crippen LogP contribution < -0.4 is 5.32 Å². The third-order valence-corrected chi connectivity index (χ3v) is 4.60. The lowest BCUT2D eigenvalue weighted by molar-refractivity contribution is 0.258. The Hall–Kier alpha value is -0.860. The highest BCUT2D eigenvalue weighted by Crippen LogP contribution is 2.30. The van der Waals surface area contributed by atoms with Crippen LogP contribution in [0.5, 0.6) is 0 Å². The number of aryl methyl sites for hydroxylation is 1. The lowest BCUT2D eigenvalue weighted by Gasteiger charge is -2.26. The average Bonchev–Trinajstić information content (AvgIpc) is 3.31. The zero-order valence-electron chi connectivity index (χ0n) is 14.1. The number of hydrogen-bond donors (Lipinski definition) is 1. The Kier molecular flexibility index (Phi) is 6.72. The van der Waals surface area contributed by atoms with Gasteiger partial charge in [-0.3, -0.25) is 0 Å². The minimum Gasteiger partial charge on any atom is -0.310 e. The van der Waals surface area contributed by atoms with Gasteiger partial charge in [-0.1, -0.05) is 38.1 Å². The molecule has 1 aromatic carbocycles. The van der Waals surface area contributed by atoms with Crippen LogP contribution in [-0.2, 0) is 0 Å². The zero-order valence-corrected chi connectivity index (χ0v) is 14.1. The smallest absolute Gasteiger partial charge is 0.0335 e. The number of nitrogens with one attached hydrogen (secondary N) is 1. The van der Waals surface area contributed by atoms with Crippen molar-refractivity contribution in [2.45, 2.75) is 52.5 Å². The van der Waals surface area contributed by atoms with Gasteiger partial charge in [0.2, 0.25) is 0 Å². The van der Waals surface area contributed by atoms with Crippen molar-refractivity contribution in [2.75, 3.05) is 26.2 Å². The summed E-state index contributed by atoms with van der Waals surface area (Å²) in [6.07, 6.45) is 5.31. The molecule has 0 saturated heterocycles. The molecule has 1 aromatic rings. The van der Waals surface area contributed by atoms with Gasteiger partial charge < -0.3 is 10.2 Å². The fourth-order valence-electron chi connectivity index (χ4n) is 3.02. The topological polar surface area (TPSA) is 15.3 Å². The fourth-order valence-corrected chi connectivity index (χ4v) is 3.02. The minimum absolute atomic E-state index is 0.499. The summed E-state index contributed by atoms with van der Waals surface area (Å²) < 4.78 is 0. The SMILES string of the molecule is CCCNC(CCN(CC)CC1CC1)c1ccccc1C. The molecule has 0 aliphatic heterocycles. The third-order valence-electron chi connectivity index (χ3n) is 4.60. The van der Waals surface area contributed by atoms with E-state index in [0.29, 0.717) is 6.04 Å². The molecule has 2 nitrogen and oxygen atoms in total. The summed E-state index contributed by atoms with van der Waals surface area (Å²) in [5.74, 6) is 0.991.